The van der Waals surface area contributed by atoms with Gasteiger partial charge in [0.05, 0.1) is 5.52 Å². The summed E-state index contributed by atoms with van der Waals surface area (Å²) in [5, 5.41) is 19.4. The van der Waals surface area contributed by atoms with Gasteiger partial charge in [-0.1, -0.05) is 0 Å². The number of phenols is 2. The van der Waals surface area contributed by atoms with E-state index in [1.54, 1.807) is 12.3 Å². The zero-order chi connectivity index (χ0) is 8.72. The van der Waals surface area contributed by atoms with Crippen molar-refractivity contribution in [1.82, 2.24) is 4.98 Å². The van der Waals surface area contributed by atoms with Crippen molar-refractivity contribution < 1.29 is 10.2 Å². The summed E-state index contributed by atoms with van der Waals surface area (Å²) in [6.07, 6.45) is 1.78. The Balaban J connectivity index is 2.92. The molecule has 12 heavy (non-hydrogen) atoms. The second-order valence-electron chi connectivity index (χ2n) is 2.52. The van der Waals surface area contributed by atoms with Crippen LogP contribution in [0.4, 0.5) is 0 Å². The van der Waals surface area contributed by atoms with Gasteiger partial charge in [-0.15, -0.1) is 0 Å². The molecule has 0 radical (unpaired) electrons. The van der Waals surface area contributed by atoms with Crippen molar-refractivity contribution in [2.75, 3.05) is 0 Å². The number of hydrogen-bond acceptors (Lipinski definition) is 2. The molecule has 2 aromatic rings. The molecule has 1 heterocycles. The molecule has 0 fully saturated rings. The van der Waals surface area contributed by atoms with Crippen molar-refractivity contribution in [1.29, 1.82) is 0 Å². The third-order valence-electron chi connectivity index (χ3n) is 1.70. The van der Waals surface area contributed by atoms with E-state index in [9.17, 15) is 10.2 Å². The highest BCUT2D eigenvalue weighted by molar-refractivity contribution is 14.1. The standard InChI is InChI=1S/C8H6INO2/c9-6-3-10-8-5(6)1-4(11)2-7(8)12/h1-3,10-12H. The van der Waals surface area contributed by atoms with Crippen molar-refractivity contribution in [3.05, 3.63) is 21.9 Å². The Hall–Kier alpha value is -0.910. The van der Waals surface area contributed by atoms with Gasteiger partial charge in [0.25, 0.3) is 0 Å². The second kappa shape index (κ2) is 2.55. The molecule has 0 aliphatic carbocycles. The predicted molar refractivity (Wildman–Crippen MR) is 54.3 cm³/mol. The van der Waals surface area contributed by atoms with Crippen molar-refractivity contribution in [2.45, 2.75) is 0 Å². The van der Waals surface area contributed by atoms with E-state index in [0.717, 1.165) is 8.96 Å². The minimum Gasteiger partial charge on any atom is -0.508 e. The fourth-order valence-corrected chi connectivity index (χ4v) is 1.75. The summed E-state index contributed by atoms with van der Waals surface area (Å²) < 4.78 is 0.980. The summed E-state index contributed by atoms with van der Waals surface area (Å²) in [6, 6.07) is 2.93. The smallest absolute Gasteiger partial charge is 0.143 e. The molecular formula is C8H6INO2. The third-order valence-corrected chi connectivity index (χ3v) is 2.60. The summed E-state index contributed by atoms with van der Waals surface area (Å²) in [4.78, 5) is 2.91. The zero-order valence-electron chi connectivity index (χ0n) is 6.00. The first-order chi connectivity index (χ1) is 5.68. The summed E-state index contributed by atoms with van der Waals surface area (Å²) in [5.41, 5.74) is 0.664. The molecule has 0 amide bonds. The highest BCUT2D eigenvalue weighted by Crippen LogP contribution is 2.31. The van der Waals surface area contributed by atoms with Gasteiger partial charge in [0.15, 0.2) is 0 Å². The highest BCUT2D eigenvalue weighted by Gasteiger charge is 2.06. The predicted octanol–water partition coefficient (Wildman–Crippen LogP) is 2.18. The molecule has 62 valence electrons. The fourth-order valence-electron chi connectivity index (χ4n) is 1.17. The first kappa shape index (κ1) is 7.72. The Morgan fingerprint density at radius 1 is 1.25 bits per heavy atom. The zero-order valence-corrected chi connectivity index (χ0v) is 8.16. The molecule has 0 aliphatic rings. The third kappa shape index (κ3) is 1.03. The van der Waals surface area contributed by atoms with E-state index in [0.29, 0.717) is 5.52 Å². The lowest BCUT2D eigenvalue weighted by Gasteiger charge is -1.96. The molecule has 0 saturated carbocycles. The SMILES string of the molecule is Oc1cc(O)c2[nH]cc(I)c2c1. The second-order valence-corrected chi connectivity index (χ2v) is 3.69. The monoisotopic (exact) mass is 275 g/mol. The molecule has 1 aromatic heterocycles. The number of benzene rings is 1. The first-order valence-electron chi connectivity index (χ1n) is 3.37. The summed E-state index contributed by atoms with van der Waals surface area (Å²) in [6.45, 7) is 0. The van der Waals surface area contributed by atoms with E-state index < -0.39 is 0 Å². The van der Waals surface area contributed by atoms with Crippen LogP contribution in [0.3, 0.4) is 0 Å². The van der Waals surface area contributed by atoms with Gasteiger partial charge in [0.1, 0.15) is 11.5 Å². The van der Waals surface area contributed by atoms with Crippen LogP contribution >= 0.6 is 22.6 Å². The number of hydrogen-bond donors (Lipinski definition) is 3. The van der Waals surface area contributed by atoms with Gasteiger partial charge < -0.3 is 15.2 Å². The van der Waals surface area contributed by atoms with Crippen LogP contribution < -0.4 is 0 Å². The van der Waals surface area contributed by atoms with E-state index in [4.69, 9.17) is 0 Å². The number of phenolic OH excluding ortho intramolecular Hbond substituents is 2. The maximum atomic E-state index is 9.37. The Labute approximate surface area is 82.2 Å². The lowest BCUT2D eigenvalue weighted by Crippen LogP contribution is -1.71. The Kier molecular flexibility index (Phi) is 1.64. The van der Waals surface area contributed by atoms with Crippen LogP contribution in [0.5, 0.6) is 11.5 Å². The molecule has 3 nitrogen and oxygen atoms in total. The highest BCUT2D eigenvalue weighted by atomic mass is 127. The van der Waals surface area contributed by atoms with Crippen molar-refractivity contribution in [3.63, 3.8) is 0 Å². The average Bonchev–Trinajstić information content (AvgIpc) is 2.33. The number of fused-ring (bicyclic) bond motifs is 1. The van der Waals surface area contributed by atoms with Gasteiger partial charge >= 0.3 is 0 Å². The van der Waals surface area contributed by atoms with Crippen LogP contribution in [0.25, 0.3) is 10.9 Å². The Morgan fingerprint density at radius 3 is 2.75 bits per heavy atom. The minimum atomic E-state index is 0.0768. The van der Waals surface area contributed by atoms with Gasteiger partial charge in [-0.3, -0.25) is 0 Å². The van der Waals surface area contributed by atoms with Crippen LogP contribution in [-0.4, -0.2) is 15.2 Å². The molecule has 0 bridgehead atoms. The van der Waals surface area contributed by atoms with Crippen molar-refractivity contribution >= 4 is 33.5 Å². The van der Waals surface area contributed by atoms with E-state index in [2.05, 4.69) is 27.6 Å². The molecule has 0 unspecified atom stereocenters. The number of aromatic amines is 1. The number of aromatic hydroxyl groups is 2. The fraction of sp³-hybridized carbons (Fsp3) is 0. The number of rotatable bonds is 0. The van der Waals surface area contributed by atoms with Crippen LogP contribution in [-0.2, 0) is 0 Å². The van der Waals surface area contributed by atoms with E-state index in [-0.39, 0.29) is 11.5 Å². The molecule has 0 atom stereocenters. The molecular weight excluding hydrogens is 269 g/mol. The average molecular weight is 275 g/mol. The quantitative estimate of drug-likeness (QED) is 0.645. The maximum Gasteiger partial charge on any atom is 0.143 e. The number of halogens is 1. The minimum absolute atomic E-state index is 0.0768. The topological polar surface area (TPSA) is 56.2 Å². The van der Waals surface area contributed by atoms with Crippen LogP contribution in [0, 0.1) is 3.57 Å². The molecule has 0 spiro atoms. The van der Waals surface area contributed by atoms with Gasteiger partial charge in [-0.2, -0.15) is 0 Å². The molecule has 3 N–H and O–H groups in total. The van der Waals surface area contributed by atoms with Crippen LogP contribution in [0.15, 0.2) is 18.3 Å². The van der Waals surface area contributed by atoms with Gasteiger partial charge in [-0.25, -0.2) is 0 Å². The summed E-state index contributed by atoms with van der Waals surface area (Å²) in [5.74, 6) is 0.158. The number of H-pyrrole nitrogens is 1. The molecule has 0 aliphatic heterocycles. The normalized spacial score (nSPS) is 10.8. The molecule has 1 aromatic carbocycles. The van der Waals surface area contributed by atoms with Crippen LogP contribution in [0.2, 0.25) is 0 Å². The first-order valence-corrected chi connectivity index (χ1v) is 4.45. The largest absolute Gasteiger partial charge is 0.508 e. The number of aromatic nitrogens is 1. The Morgan fingerprint density at radius 2 is 2.00 bits per heavy atom. The maximum absolute atomic E-state index is 9.37. The summed E-state index contributed by atoms with van der Waals surface area (Å²) in [7, 11) is 0. The van der Waals surface area contributed by atoms with E-state index in [1.807, 2.05) is 0 Å². The van der Waals surface area contributed by atoms with E-state index in [1.165, 1.54) is 6.07 Å². The van der Waals surface area contributed by atoms with Crippen LogP contribution in [0.1, 0.15) is 0 Å². The lowest BCUT2D eigenvalue weighted by atomic mass is 10.2. The van der Waals surface area contributed by atoms with Gasteiger partial charge in [-0.05, 0) is 28.7 Å². The molecule has 0 saturated heterocycles. The lowest BCUT2D eigenvalue weighted by molar-refractivity contribution is 0.454. The van der Waals surface area contributed by atoms with E-state index >= 15 is 0 Å². The Bertz CT molecular complexity index is 436. The van der Waals surface area contributed by atoms with Gasteiger partial charge in [0.2, 0.25) is 0 Å². The molecule has 2 rings (SSSR count). The van der Waals surface area contributed by atoms with Crippen molar-refractivity contribution in [2.24, 2.45) is 0 Å². The summed E-state index contributed by atoms with van der Waals surface area (Å²) >= 11 is 2.13. The van der Waals surface area contributed by atoms with Gasteiger partial charge in [0, 0.05) is 21.2 Å². The van der Waals surface area contributed by atoms with Crippen molar-refractivity contribution in [3.8, 4) is 11.5 Å². The number of nitrogens with one attached hydrogen (secondary N) is 1. The molecule has 4 heteroatoms.